The van der Waals surface area contributed by atoms with E-state index < -0.39 is 0 Å². The Morgan fingerprint density at radius 2 is 1.68 bits per heavy atom. The van der Waals surface area contributed by atoms with E-state index in [1.807, 2.05) is 13.8 Å². The fraction of sp³-hybridized carbons (Fsp3) is 0.667. The zero-order valence-corrected chi connectivity index (χ0v) is 14.0. The van der Waals surface area contributed by atoms with Gasteiger partial charge in [0.1, 0.15) is 11.6 Å². The summed E-state index contributed by atoms with van der Waals surface area (Å²) < 4.78 is 0. The van der Waals surface area contributed by atoms with E-state index in [4.69, 9.17) is 5.73 Å². The molecule has 0 fully saturated rings. The van der Waals surface area contributed by atoms with Gasteiger partial charge in [-0.2, -0.15) is 0 Å². The summed E-state index contributed by atoms with van der Waals surface area (Å²) >= 11 is 4.41. The van der Waals surface area contributed by atoms with Crippen LogP contribution in [-0.4, -0.2) is 23.1 Å². The van der Waals surface area contributed by atoms with E-state index >= 15 is 0 Å². The summed E-state index contributed by atoms with van der Waals surface area (Å²) in [6, 6.07) is 0. The molecule has 1 aromatic heterocycles. The van der Waals surface area contributed by atoms with E-state index in [-0.39, 0.29) is 24.8 Å². The second kappa shape index (κ2) is 11.6. The van der Waals surface area contributed by atoms with E-state index in [0.29, 0.717) is 0 Å². The van der Waals surface area contributed by atoms with Crippen molar-refractivity contribution in [3.8, 4) is 0 Å². The molecule has 0 amide bonds. The molecule has 1 aromatic rings. The molecular weight excluding hydrogens is 303 g/mol. The van der Waals surface area contributed by atoms with Gasteiger partial charge in [-0.05, 0) is 33.2 Å². The third kappa shape index (κ3) is 7.82. The van der Waals surface area contributed by atoms with Crippen LogP contribution in [-0.2, 0) is 0 Å². The number of nitrogens with one attached hydrogen (secondary N) is 1. The molecule has 19 heavy (non-hydrogen) atoms. The summed E-state index contributed by atoms with van der Waals surface area (Å²) in [5.41, 5.74) is 6.37. The summed E-state index contributed by atoms with van der Waals surface area (Å²) in [6.45, 7) is 5.56. The normalized spacial score (nSPS) is 9.47. The van der Waals surface area contributed by atoms with E-state index in [0.717, 1.165) is 48.2 Å². The van der Waals surface area contributed by atoms with Crippen LogP contribution in [0.1, 0.15) is 37.2 Å². The number of aryl methyl sites for hydroxylation is 2. The Balaban J connectivity index is 0. The van der Waals surface area contributed by atoms with Crippen LogP contribution in [0.2, 0.25) is 0 Å². The second-order valence-electron chi connectivity index (χ2n) is 4.18. The van der Waals surface area contributed by atoms with Gasteiger partial charge < -0.3 is 11.1 Å². The predicted molar refractivity (Wildman–Crippen MR) is 89.3 cm³/mol. The standard InChI is InChI=1S/C12H22N4S.2ClH/c1-9-11(17)12(16-10(2)15-9)14-8-6-4-3-5-7-13;;/h17H,3-8,13H2,1-2H3,(H,14,15,16);2*1H. The fourth-order valence-corrected chi connectivity index (χ4v) is 1.84. The minimum absolute atomic E-state index is 0. The molecule has 1 rings (SSSR count). The van der Waals surface area contributed by atoms with Gasteiger partial charge in [-0.1, -0.05) is 12.8 Å². The highest BCUT2D eigenvalue weighted by Gasteiger charge is 2.05. The lowest BCUT2D eigenvalue weighted by Crippen LogP contribution is -2.07. The first kappa shape index (κ1) is 21.1. The lowest BCUT2D eigenvalue weighted by Gasteiger charge is -2.10. The number of thiol groups is 1. The van der Waals surface area contributed by atoms with Gasteiger partial charge in [0.2, 0.25) is 0 Å². The number of aromatic nitrogens is 2. The summed E-state index contributed by atoms with van der Waals surface area (Å²) in [6.07, 6.45) is 4.65. The minimum Gasteiger partial charge on any atom is -0.369 e. The van der Waals surface area contributed by atoms with E-state index in [2.05, 4.69) is 27.9 Å². The molecule has 0 aliphatic carbocycles. The van der Waals surface area contributed by atoms with Crippen molar-refractivity contribution in [2.45, 2.75) is 44.4 Å². The topological polar surface area (TPSA) is 63.8 Å². The van der Waals surface area contributed by atoms with Crippen LogP contribution in [0.5, 0.6) is 0 Å². The Bertz CT molecular complexity index is 364. The molecule has 0 saturated heterocycles. The molecule has 0 aromatic carbocycles. The highest BCUT2D eigenvalue weighted by molar-refractivity contribution is 7.80. The Labute approximate surface area is 133 Å². The highest BCUT2D eigenvalue weighted by Crippen LogP contribution is 2.20. The van der Waals surface area contributed by atoms with Gasteiger partial charge in [0.25, 0.3) is 0 Å². The van der Waals surface area contributed by atoms with Crippen molar-refractivity contribution in [2.75, 3.05) is 18.4 Å². The minimum atomic E-state index is 0. The number of hydrogen-bond acceptors (Lipinski definition) is 5. The fourth-order valence-electron chi connectivity index (χ4n) is 1.66. The molecule has 1 heterocycles. The van der Waals surface area contributed by atoms with Crippen molar-refractivity contribution in [1.29, 1.82) is 0 Å². The number of anilines is 1. The van der Waals surface area contributed by atoms with Crippen molar-refractivity contribution in [3.05, 3.63) is 11.5 Å². The van der Waals surface area contributed by atoms with Crippen molar-refractivity contribution < 1.29 is 0 Å². The third-order valence-corrected chi connectivity index (χ3v) is 3.13. The van der Waals surface area contributed by atoms with Gasteiger partial charge in [-0.3, -0.25) is 0 Å². The zero-order chi connectivity index (χ0) is 12.7. The van der Waals surface area contributed by atoms with Gasteiger partial charge in [0, 0.05) is 6.54 Å². The highest BCUT2D eigenvalue weighted by atomic mass is 35.5. The van der Waals surface area contributed by atoms with Crippen molar-refractivity contribution in [3.63, 3.8) is 0 Å². The average Bonchev–Trinajstić information content (AvgIpc) is 2.29. The molecule has 4 nitrogen and oxygen atoms in total. The molecule has 0 unspecified atom stereocenters. The molecule has 7 heteroatoms. The first-order chi connectivity index (χ1) is 8.15. The molecule has 0 bridgehead atoms. The van der Waals surface area contributed by atoms with Crippen molar-refractivity contribution in [2.24, 2.45) is 5.73 Å². The Kier molecular flexibility index (Phi) is 12.8. The van der Waals surface area contributed by atoms with Crippen LogP contribution < -0.4 is 11.1 Å². The maximum absolute atomic E-state index is 5.44. The summed E-state index contributed by atoms with van der Waals surface area (Å²) in [5, 5.41) is 3.31. The average molecular weight is 327 g/mol. The lowest BCUT2D eigenvalue weighted by molar-refractivity contribution is 0.660. The van der Waals surface area contributed by atoms with E-state index in [1.54, 1.807) is 0 Å². The van der Waals surface area contributed by atoms with E-state index in [9.17, 15) is 0 Å². The van der Waals surface area contributed by atoms with E-state index in [1.165, 1.54) is 12.8 Å². The summed E-state index contributed by atoms with van der Waals surface area (Å²) in [5.74, 6) is 1.63. The predicted octanol–water partition coefficient (Wildman–Crippen LogP) is 3.16. The summed E-state index contributed by atoms with van der Waals surface area (Å²) in [4.78, 5) is 9.46. The van der Waals surface area contributed by atoms with Crippen molar-refractivity contribution >= 4 is 43.3 Å². The van der Waals surface area contributed by atoms with Crippen LogP contribution in [0.4, 0.5) is 5.82 Å². The molecule has 0 aliphatic rings. The zero-order valence-electron chi connectivity index (χ0n) is 11.5. The Morgan fingerprint density at radius 3 is 2.32 bits per heavy atom. The molecule has 0 radical (unpaired) electrons. The lowest BCUT2D eigenvalue weighted by atomic mass is 10.2. The van der Waals surface area contributed by atoms with Gasteiger partial charge in [-0.15, -0.1) is 37.4 Å². The number of nitrogens with zero attached hydrogens (tertiary/aromatic N) is 2. The van der Waals surface area contributed by atoms with Crippen LogP contribution in [0, 0.1) is 13.8 Å². The maximum atomic E-state index is 5.44. The quantitative estimate of drug-likeness (QED) is 0.532. The molecular formula is C12H24Cl2N4S. The first-order valence-electron chi connectivity index (χ1n) is 6.13. The Hall–Kier alpha value is -0.230. The van der Waals surface area contributed by atoms with Crippen molar-refractivity contribution in [1.82, 2.24) is 9.97 Å². The second-order valence-corrected chi connectivity index (χ2v) is 4.63. The maximum Gasteiger partial charge on any atom is 0.143 e. The molecule has 0 saturated carbocycles. The van der Waals surface area contributed by atoms with Gasteiger partial charge in [0.15, 0.2) is 0 Å². The molecule has 0 aliphatic heterocycles. The molecule has 0 spiro atoms. The van der Waals surface area contributed by atoms with Gasteiger partial charge in [-0.25, -0.2) is 9.97 Å². The number of unbranched alkanes of at least 4 members (excludes halogenated alkanes) is 3. The summed E-state index contributed by atoms with van der Waals surface area (Å²) in [7, 11) is 0. The number of halogens is 2. The monoisotopic (exact) mass is 326 g/mol. The smallest absolute Gasteiger partial charge is 0.143 e. The largest absolute Gasteiger partial charge is 0.369 e. The SMILES string of the molecule is Cc1nc(C)c(S)c(NCCCCCCN)n1.Cl.Cl. The van der Waals surface area contributed by atoms with Crippen LogP contribution in [0.25, 0.3) is 0 Å². The van der Waals surface area contributed by atoms with Gasteiger partial charge >= 0.3 is 0 Å². The van der Waals surface area contributed by atoms with Crippen LogP contribution in [0.3, 0.4) is 0 Å². The third-order valence-electron chi connectivity index (χ3n) is 2.59. The Morgan fingerprint density at radius 1 is 1.05 bits per heavy atom. The number of hydrogen-bond donors (Lipinski definition) is 3. The molecule has 112 valence electrons. The number of nitrogens with two attached hydrogens (primary N) is 1. The van der Waals surface area contributed by atoms with Gasteiger partial charge in [0.05, 0.1) is 10.6 Å². The van der Waals surface area contributed by atoms with Crippen LogP contribution in [0.15, 0.2) is 4.90 Å². The molecule has 0 atom stereocenters. The first-order valence-corrected chi connectivity index (χ1v) is 6.58. The number of rotatable bonds is 7. The molecule has 3 N–H and O–H groups in total. The van der Waals surface area contributed by atoms with Crippen LogP contribution >= 0.6 is 37.4 Å².